The summed E-state index contributed by atoms with van der Waals surface area (Å²) in [4.78, 5) is 16.9. The third kappa shape index (κ3) is 3.34. The van der Waals surface area contributed by atoms with Crippen molar-refractivity contribution in [3.05, 3.63) is 84.6 Å². The monoisotopic (exact) mass is 434 g/mol. The van der Waals surface area contributed by atoms with Gasteiger partial charge < -0.3 is 4.98 Å². The average Bonchev–Trinajstić information content (AvgIpc) is 3.47. The Bertz CT molecular complexity index is 1620. The van der Waals surface area contributed by atoms with Gasteiger partial charge in [0.15, 0.2) is 0 Å². The molecule has 0 unspecified atom stereocenters. The maximum atomic E-state index is 14.2. The number of pyridine rings is 3. The summed E-state index contributed by atoms with van der Waals surface area (Å²) in [6, 6.07) is 16.8. The van der Waals surface area contributed by atoms with Gasteiger partial charge in [0.25, 0.3) is 0 Å². The van der Waals surface area contributed by atoms with Crippen molar-refractivity contribution in [3.8, 4) is 33.9 Å². The van der Waals surface area contributed by atoms with Crippen molar-refractivity contribution in [2.75, 3.05) is 0 Å². The molecule has 0 aliphatic heterocycles. The first-order chi connectivity index (χ1) is 16.2. The molecule has 7 heteroatoms. The van der Waals surface area contributed by atoms with Gasteiger partial charge in [0.2, 0.25) is 0 Å². The van der Waals surface area contributed by atoms with E-state index in [2.05, 4.69) is 25.1 Å². The zero-order chi connectivity index (χ0) is 22.4. The SMILES string of the molecule is CCc1cc(F)cc(-c2nccc3[nH]c(-c4n[nH]c5ccc(-c6ccncc6)nc45)cc23)c1. The molecule has 6 aromatic rings. The van der Waals surface area contributed by atoms with Crippen LogP contribution in [-0.4, -0.2) is 30.1 Å². The molecule has 0 fully saturated rings. The Morgan fingerprint density at radius 3 is 2.58 bits per heavy atom. The second-order valence-electron chi connectivity index (χ2n) is 7.91. The van der Waals surface area contributed by atoms with Crippen LogP contribution >= 0.6 is 0 Å². The number of rotatable bonds is 4. The quantitative estimate of drug-likeness (QED) is 0.360. The molecule has 0 saturated carbocycles. The zero-order valence-corrected chi connectivity index (χ0v) is 17.8. The molecule has 0 bridgehead atoms. The first kappa shape index (κ1) is 19.3. The molecular weight excluding hydrogens is 415 g/mol. The van der Waals surface area contributed by atoms with Gasteiger partial charge in [-0.05, 0) is 66.6 Å². The van der Waals surface area contributed by atoms with E-state index in [0.29, 0.717) is 0 Å². The van der Waals surface area contributed by atoms with Crippen molar-refractivity contribution in [1.29, 1.82) is 0 Å². The molecule has 0 aliphatic rings. The third-order valence-electron chi connectivity index (χ3n) is 5.83. The number of aromatic nitrogens is 6. The average molecular weight is 434 g/mol. The van der Waals surface area contributed by atoms with Crippen molar-refractivity contribution >= 4 is 21.9 Å². The van der Waals surface area contributed by atoms with E-state index in [1.165, 1.54) is 6.07 Å². The fourth-order valence-corrected chi connectivity index (χ4v) is 4.17. The normalized spacial score (nSPS) is 11.5. The van der Waals surface area contributed by atoms with E-state index in [1.807, 2.05) is 49.4 Å². The highest BCUT2D eigenvalue weighted by atomic mass is 19.1. The number of halogens is 1. The second kappa shape index (κ2) is 7.63. The molecule has 0 atom stereocenters. The van der Waals surface area contributed by atoms with Gasteiger partial charge in [0.1, 0.15) is 17.0 Å². The Morgan fingerprint density at radius 2 is 1.73 bits per heavy atom. The highest BCUT2D eigenvalue weighted by molar-refractivity contribution is 5.99. The highest BCUT2D eigenvalue weighted by Gasteiger charge is 2.16. The fraction of sp³-hybridized carbons (Fsp3) is 0.0769. The van der Waals surface area contributed by atoms with E-state index >= 15 is 0 Å². The predicted molar refractivity (Wildman–Crippen MR) is 127 cm³/mol. The van der Waals surface area contributed by atoms with Crippen molar-refractivity contribution < 1.29 is 4.39 Å². The first-order valence-electron chi connectivity index (χ1n) is 10.7. The number of aryl methyl sites for hydroxylation is 1. The van der Waals surface area contributed by atoms with Gasteiger partial charge in [0, 0.05) is 40.6 Å². The molecule has 5 aromatic heterocycles. The predicted octanol–water partition coefficient (Wildman–Crippen LogP) is 5.93. The summed E-state index contributed by atoms with van der Waals surface area (Å²) in [6.07, 6.45) is 5.99. The fourth-order valence-electron chi connectivity index (χ4n) is 4.17. The molecule has 2 N–H and O–H groups in total. The maximum Gasteiger partial charge on any atom is 0.135 e. The Morgan fingerprint density at radius 1 is 0.848 bits per heavy atom. The Hall–Kier alpha value is -4.39. The number of nitrogens with zero attached hydrogens (tertiary/aromatic N) is 4. The number of hydrogen-bond donors (Lipinski definition) is 2. The van der Waals surface area contributed by atoms with E-state index < -0.39 is 0 Å². The van der Waals surface area contributed by atoms with E-state index in [0.717, 1.165) is 67.8 Å². The third-order valence-corrected chi connectivity index (χ3v) is 5.83. The molecule has 0 radical (unpaired) electrons. The lowest BCUT2D eigenvalue weighted by molar-refractivity contribution is 0.626. The standard InChI is InChI=1S/C26H19FN6/c1-2-15-11-17(13-18(27)12-15)24-19-14-23(30-21(19)7-10-29-24)26-25-22(32-33-26)4-3-20(31-25)16-5-8-28-9-6-16/h3-14,30H,2H2,1H3,(H,32,33). The zero-order valence-electron chi connectivity index (χ0n) is 17.8. The van der Waals surface area contributed by atoms with Crippen LogP contribution in [0.1, 0.15) is 12.5 Å². The summed E-state index contributed by atoms with van der Waals surface area (Å²) in [7, 11) is 0. The molecule has 0 aliphatic carbocycles. The van der Waals surface area contributed by atoms with Gasteiger partial charge in [-0.15, -0.1) is 0 Å². The van der Waals surface area contributed by atoms with Gasteiger partial charge in [0.05, 0.1) is 22.6 Å². The minimum atomic E-state index is -0.259. The van der Waals surface area contributed by atoms with Crippen LogP contribution in [0.15, 0.2) is 73.2 Å². The van der Waals surface area contributed by atoms with Gasteiger partial charge in [-0.1, -0.05) is 6.92 Å². The van der Waals surface area contributed by atoms with E-state index in [4.69, 9.17) is 4.98 Å². The molecular formula is C26H19FN6. The lowest BCUT2D eigenvalue weighted by atomic mass is 10.0. The van der Waals surface area contributed by atoms with E-state index in [1.54, 1.807) is 24.7 Å². The van der Waals surface area contributed by atoms with Crippen LogP contribution in [0.25, 0.3) is 55.8 Å². The molecule has 33 heavy (non-hydrogen) atoms. The van der Waals surface area contributed by atoms with Crippen molar-refractivity contribution in [2.24, 2.45) is 0 Å². The molecule has 0 amide bonds. The molecule has 0 spiro atoms. The van der Waals surface area contributed by atoms with Crippen molar-refractivity contribution in [1.82, 2.24) is 30.1 Å². The second-order valence-corrected chi connectivity index (χ2v) is 7.91. The molecule has 0 saturated heterocycles. The number of benzene rings is 1. The minimum Gasteiger partial charge on any atom is -0.353 e. The van der Waals surface area contributed by atoms with Gasteiger partial charge >= 0.3 is 0 Å². The Labute approximate surface area is 188 Å². The summed E-state index contributed by atoms with van der Waals surface area (Å²) < 4.78 is 14.2. The Balaban J connectivity index is 1.50. The van der Waals surface area contributed by atoms with Crippen LogP contribution in [0, 0.1) is 5.82 Å². The summed E-state index contributed by atoms with van der Waals surface area (Å²) >= 11 is 0. The summed E-state index contributed by atoms with van der Waals surface area (Å²) in [5, 5.41) is 8.50. The smallest absolute Gasteiger partial charge is 0.135 e. The van der Waals surface area contributed by atoms with Crippen LogP contribution in [0.3, 0.4) is 0 Å². The first-order valence-corrected chi connectivity index (χ1v) is 10.7. The van der Waals surface area contributed by atoms with Crippen LogP contribution in [0.2, 0.25) is 0 Å². The number of H-pyrrole nitrogens is 2. The lowest BCUT2D eigenvalue weighted by Crippen LogP contribution is -1.89. The number of aromatic amines is 2. The Kier molecular flexibility index (Phi) is 4.47. The molecule has 6 nitrogen and oxygen atoms in total. The van der Waals surface area contributed by atoms with Crippen LogP contribution in [0.5, 0.6) is 0 Å². The summed E-state index contributed by atoms with van der Waals surface area (Å²) in [6.45, 7) is 2.01. The molecule has 6 rings (SSSR count). The van der Waals surface area contributed by atoms with Crippen molar-refractivity contribution in [3.63, 3.8) is 0 Å². The highest BCUT2D eigenvalue weighted by Crippen LogP contribution is 2.33. The summed E-state index contributed by atoms with van der Waals surface area (Å²) in [5.74, 6) is -0.259. The lowest BCUT2D eigenvalue weighted by Gasteiger charge is -2.05. The largest absolute Gasteiger partial charge is 0.353 e. The maximum absolute atomic E-state index is 14.2. The molecule has 1 aromatic carbocycles. The van der Waals surface area contributed by atoms with E-state index in [-0.39, 0.29) is 5.82 Å². The van der Waals surface area contributed by atoms with Crippen LogP contribution < -0.4 is 0 Å². The number of fused-ring (bicyclic) bond motifs is 2. The molecule has 5 heterocycles. The van der Waals surface area contributed by atoms with Gasteiger partial charge in [-0.3, -0.25) is 15.1 Å². The molecule has 160 valence electrons. The topological polar surface area (TPSA) is 83.1 Å². The van der Waals surface area contributed by atoms with Crippen LogP contribution in [0.4, 0.5) is 4.39 Å². The van der Waals surface area contributed by atoms with Gasteiger partial charge in [-0.2, -0.15) is 5.10 Å². The summed E-state index contributed by atoms with van der Waals surface area (Å²) in [5.41, 5.74) is 8.31. The van der Waals surface area contributed by atoms with E-state index in [9.17, 15) is 4.39 Å². The van der Waals surface area contributed by atoms with Gasteiger partial charge in [-0.25, -0.2) is 9.37 Å². The minimum absolute atomic E-state index is 0.259. The number of nitrogens with one attached hydrogen (secondary N) is 2. The number of hydrogen-bond acceptors (Lipinski definition) is 4. The van der Waals surface area contributed by atoms with Crippen LogP contribution in [-0.2, 0) is 6.42 Å². The van der Waals surface area contributed by atoms with Crippen molar-refractivity contribution in [2.45, 2.75) is 13.3 Å².